The van der Waals surface area contributed by atoms with Crippen molar-refractivity contribution in [3.63, 3.8) is 0 Å². The van der Waals surface area contributed by atoms with Crippen molar-refractivity contribution in [2.75, 3.05) is 39.2 Å². The Morgan fingerprint density at radius 1 is 1.19 bits per heavy atom. The number of carbonyl (C=O) groups excluding carboxylic acids is 1. The molecule has 3 rings (SSSR count). The first-order valence-corrected chi connectivity index (χ1v) is 11.8. The molecule has 0 spiro atoms. The van der Waals surface area contributed by atoms with Crippen LogP contribution in [0, 0.1) is 5.82 Å². The Balaban J connectivity index is 1.63. The summed E-state index contributed by atoms with van der Waals surface area (Å²) in [7, 11) is -2.43. The van der Waals surface area contributed by atoms with Crippen molar-refractivity contribution in [2.45, 2.75) is 19.0 Å². The Bertz CT molecular complexity index is 979. The summed E-state index contributed by atoms with van der Waals surface area (Å²) >= 11 is 0. The van der Waals surface area contributed by atoms with Crippen LogP contribution in [0.15, 0.2) is 48.5 Å². The summed E-state index contributed by atoms with van der Waals surface area (Å²) in [5.74, 6) is -1.41. The number of hydrogen-bond acceptors (Lipinski definition) is 6. The first-order valence-electron chi connectivity index (χ1n) is 10.1. The molecule has 0 aliphatic carbocycles. The first kappa shape index (κ1) is 23.3. The second kappa shape index (κ2) is 10.8. The van der Waals surface area contributed by atoms with Crippen LogP contribution in [0.1, 0.15) is 33.9 Å². The summed E-state index contributed by atoms with van der Waals surface area (Å²) in [6.45, 7) is 2.53. The summed E-state index contributed by atoms with van der Waals surface area (Å²) in [4.78, 5) is 13.7. The molecule has 1 saturated heterocycles. The molecule has 31 heavy (non-hydrogen) atoms. The molecule has 0 radical (unpaired) electrons. The maximum Gasteiger partial charge on any atom is 0.337 e. The number of rotatable bonds is 9. The number of methoxy groups -OCH3 is 1. The molecule has 9 heteroatoms. The number of nitrogens with zero attached hydrogens (tertiary/aromatic N) is 1. The third-order valence-corrected chi connectivity index (χ3v) is 6.64. The van der Waals surface area contributed by atoms with Crippen LogP contribution in [0.3, 0.4) is 0 Å². The fourth-order valence-corrected chi connectivity index (χ4v) is 4.64. The molecule has 1 fully saturated rings. The monoisotopic (exact) mass is 450 g/mol. The van der Waals surface area contributed by atoms with Crippen molar-refractivity contribution in [1.82, 2.24) is 9.62 Å². The maximum absolute atomic E-state index is 14.2. The molecule has 7 nitrogen and oxygen atoms in total. The smallest absolute Gasteiger partial charge is 0.337 e. The second-order valence-electron chi connectivity index (χ2n) is 7.30. The number of carbonyl (C=O) groups is 1. The van der Waals surface area contributed by atoms with Crippen LogP contribution in [0.2, 0.25) is 0 Å². The lowest BCUT2D eigenvalue weighted by atomic mass is 10.0. The minimum absolute atomic E-state index is 0.0437. The van der Waals surface area contributed by atoms with Gasteiger partial charge in [-0.1, -0.05) is 36.4 Å². The fraction of sp³-hybridized carbons (Fsp3) is 0.409. The van der Waals surface area contributed by atoms with Gasteiger partial charge in [-0.2, -0.15) is 0 Å². The van der Waals surface area contributed by atoms with Gasteiger partial charge in [0.1, 0.15) is 5.82 Å². The van der Waals surface area contributed by atoms with E-state index in [2.05, 4.69) is 14.4 Å². The number of nitrogens with one attached hydrogen (secondary N) is 1. The van der Waals surface area contributed by atoms with Crippen LogP contribution in [0.5, 0.6) is 0 Å². The number of hydrogen-bond donors (Lipinski definition) is 1. The first-order chi connectivity index (χ1) is 14.9. The van der Waals surface area contributed by atoms with E-state index >= 15 is 0 Å². The third kappa shape index (κ3) is 6.57. The van der Waals surface area contributed by atoms with Gasteiger partial charge in [0, 0.05) is 31.2 Å². The number of esters is 1. The molecule has 0 aromatic heterocycles. The van der Waals surface area contributed by atoms with Gasteiger partial charge in [0.05, 0.1) is 31.6 Å². The van der Waals surface area contributed by atoms with Gasteiger partial charge in [-0.15, -0.1) is 0 Å². The molecule has 1 aliphatic heterocycles. The van der Waals surface area contributed by atoms with Gasteiger partial charge < -0.3 is 9.47 Å². The molecule has 1 aliphatic rings. The molecule has 0 saturated carbocycles. The van der Waals surface area contributed by atoms with E-state index in [0.29, 0.717) is 19.6 Å². The summed E-state index contributed by atoms with van der Waals surface area (Å²) in [5, 5.41) is 0. The molecule has 1 heterocycles. The van der Waals surface area contributed by atoms with Crippen LogP contribution in [0.25, 0.3) is 0 Å². The lowest BCUT2D eigenvalue weighted by molar-refractivity contribution is 0.0154. The van der Waals surface area contributed by atoms with Crippen molar-refractivity contribution in [3.8, 4) is 0 Å². The number of ether oxygens (including phenoxy) is 2. The Morgan fingerprint density at radius 2 is 1.90 bits per heavy atom. The molecule has 1 N–H and O–H groups in total. The van der Waals surface area contributed by atoms with Crippen LogP contribution >= 0.6 is 0 Å². The SMILES string of the molecule is COC(=O)c1ccc(CNS(=O)(=O)CCC(c2ccccc2)N2CCOCC2)c(F)c1. The van der Waals surface area contributed by atoms with Gasteiger partial charge in [0.15, 0.2) is 0 Å². The van der Waals surface area contributed by atoms with E-state index in [1.54, 1.807) is 0 Å². The van der Waals surface area contributed by atoms with E-state index in [9.17, 15) is 17.6 Å². The minimum atomic E-state index is -3.64. The molecule has 0 amide bonds. The molecular weight excluding hydrogens is 423 g/mol. The molecule has 2 aromatic rings. The zero-order chi connectivity index (χ0) is 22.3. The van der Waals surface area contributed by atoms with E-state index in [-0.39, 0.29) is 29.5 Å². The number of benzene rings is 2. The highest BCUT2D eigenvalue weighted by molar-refractivity contribution is 7.89. The van der Waals surface area contributed by atoms with E-state index < -0.39 is 21.8 Å². The summed E-state index contributed by atoms with van der Waals surface area (Å²) in [6, 6.07) is 13.6. The molecule has 1 unspecified atom stereocenters. The highest BCUT2D eigenvalue weighted by Crippen LogP contribution is 2.25. The van der Waals surface area contributed by atoms with Crippen LogP contribution < -0.4 is 4.72 Å². The predicted octanol–water partition coefficient (Wildman–Crippen LogP) is 2.50. The van der Waals surface area contributed by atoms with E-state index in [4.69, 9.17) is 4.74 Å². The number of morpholine rings is 1. The third-order valence-electron chi connectivity index (χ3n) is 5.29. The van der Waals surface area contributed by atoms with Crippen molar-refractivity contribution in [2.24, 2.45) is 0 Å². The van der Waals surface area contributed by atoms with Crippen molar-refractivity contribution < 1.29 is 27.1 Å². The van der Waals surface area contributed by atoms with Gasteiger partial charge in [0.25, 0.3) is 0 Å². The summed E-state index contributed by atoms with van der Waals surface area (Å²) in [5.41, 5.74) is 1.29. The van der Waals surface area contributed by atoms with E-state index in [0.717, 1.165) is 24.7 Å². The van der Waals surface area contributed by atoms with Crippen molar-refractivity contribution in [3.05, 3.63) is 71.0 Å². The van der Waals surface area contributed by atoms with Crippen LogP contribution in [-0.4, -0.2) is 58.5 Å². The molecule has 0 bridgehead atoms. The zero-order valence-corrected chi connectivity index (χ0v) is 18.2. The zero-order valence-electron chi connectivity index (χ0n) is 17.4. The Hall–Kier alpha value is -2.33. The average molecular weight is 451 g/mol. The minimum Gasteiger partial charge on any atom is -0.465 e. The molecular formula is C22H27FN2O5S. The molecule has 168 valence electrons. The number of halogens is 1. The fourth-order valence-electron chi connectivity index (χ4n) is 3.59. The van der Waals surface area contributed by atoms with Gasteiger partial charge >= 0.3 is 5.97 Å². The topological polar surface area (TPSA) is 84.9 Å². The van der Waals surface area contributed by atoms with Crippen LogP contribution in [-0.2, 0) is 26.0 Å². The van der Waals surface area contributed by atoms with Crippen LogP contribution in [0.4, 0.5) is 4.39 Å². The Morgan fingerprint density at radius 3 is 2.55 bits per heavy atom. The molecule has 1 atom stereocenters. The van der Waals surface area contributed by atoms with Gasteiger partial charge in [-0.25, -0.2) is 22.3 Å². The summed E-state index contributed by atoms with van der Waals surface area (Å²) < 4.78 is 51.9. The summed E-state index contributed by atoms with van der Waals surface area (Å²) in [6.07, 6.45) is 0.406. The highest BCUT2D eigenvalue weighted by Gasteiger charge is 2.25. The predicted molar refractivity (Wildman–Crippen MR) is 115 cm³/mol. The van der Waals surface area contributed by atoms with E-state index in [1.165, 1.54) is 19.2 Å². The Labute approximate surface area is 182 Å². The lowest BCUT2D eigenvalue weighted by Crippen LogP contribution is -2.40. The standard InChI is InChI=1S/C22H27FN2O5S/c1-29-22(26)18-7-8-19(20(23)15-18)16-24-31(27,28)14-9-21(17-5-3-2-4-6-17)25-10-12-30-13-11-25/h2-8,15,21,24H,9-14,16H2,1H3. The van der Waals surface area contributed by atoms with Gasteiger partial charge in [0.2, 0.25) is 10.0 Å². The van der Waals surface area contributed by atoms with E-state index in [1.807, 2.05) is 30.3 Å². The van der Waals surface area contributed by atoms with Crippen molar-refractivity contribution in [1.29, 1.82) is 0 Å². The van der Waals surface area contributed by atoms with Gasteiger partial charge in [-0.3, -0.25) is 4.90 Å². The van der Waals surface area contributed by atoms with Crippen molar-refractivity contribution >= 4 is 16.0 Å². The second-order valence-corrected chi connectivity index (χ2v) is 9.23. The van der Waals surface area contributed by atoms with Gasteiger partial charge in [-0.05, 0) is 24.1 Å². The normalized spacial score (nSPS) is 16.1. The highest BCUT2D eigenvalue weighted by atomic mass is 32.2. The lowest BCUT2D eigenvalue weighted by Gasteiger charge is -2.34. The molecule has 2 aromatic carbocycles. The largest absolute Gasteiger partial charge is 0.465 e. The Kier molecular flexibility index (Phi) is 8.14. The average Bonchev–Trinajstić information content (AvgIpc) is 2.79. The number of sulfonamides is 1. The maximum atomic E-state index is 14.2. The quantitative estimate of drug-likeness (QED) is 0.591.